The van der Waals surface area contributed by atoms with E-state index in [1.807, 2.05) is 0 Å². The minimum Gasteiger partial charge on any atom is -0.383 e. The van der Waals surface area contributed by atoms with Gasteiger partial charge in [-0.15, -0.1) is 0 Å². The van der Waals surface area contributed by atoms with Crippen LogP contribution >= 0.6 is 0 Å². The third kappa shape index (κ3) is 2.54. The van der Waals surface area contributed by atoms with Crippen molar-refractivity contribution < 1.29 is 0 Å². The first-order chi connectivity index (χ1) is 8.11. The summed E-state index contributed by atoms with van der Waals surface area (Å²) in [6.07, 6.45) is 1.74. The first kappa shape index (κ1) is 12.2. The normalized spacial score (nSPS) is 22.9. The molecule has 1 saturated heterocycles. The van der Waals surface area contributed by atoms with Gasteiger partial charge in [0.1, 0.15) is 11.6 Å². The number of anilines is 1. The van der Waals surface area contributed by atoms with Crippen LogP contribution in [0, 0.1) is 0 Å². The Morgan fingerprint density at radius 3 is 2.82 bits per heavy atom. The zero-order valence-corrected chi connectivity index (χ0v) is 10.4. The van der Waals surface area contributed by atoms with Crippen molar-refractivity contribution in [3.63, 3.8) is 0 Å². The fraction of sp³-hybridized carbons (Fsp3) is 0.636. The topological polar surface area (TPSA) is 84.3 Å². The molecule has 1 fully saturated rings. The third-order valence-corrected chi connectivity index (χ3v) is 3.29. The molecule has 0 bridgehead atoms. The molecule has 1 aliphatic heterocycles. The second-order valence-corrected chi connectivity index (χ2v) is 4.60. The first-order valence-electron chi connectivity index (χ1n) is 5.82. The zero-order chi connectivity index (χ0) is 12.4. The predicted molar refractivity (Wildman–Crippen MR) is 67.2 cm³/mol. The van der Waals surface area contributed by atoms with Gasteiger partial charge in [0.2, 0.25) is 0 Å². The van der Waals surface area contributed by atoms with E-state index in [0.717, 1.165) is 31.0 Å². The molecule has 6 heteroatoms. The Morgan fingerprint density at radius 1 is 1.41 bits per heavy atom. The Labute approximate surface area is 102 Å². The summed E-state index contributed by atoms with van der Waals surface area (Å²) in [6.45, 7) is 3.40. The molecule has 0 spiro atoms. The zero-order valence-electron chi connectivity index (χ0n) is 10.4. The van der Waals surface area contributed by atoms with Crippen molar-refractivity contribution in [1.29, 1.82) is 0 Å². The Balaban J connectivity index is 2.23. The monoisotopic (exact) mass is 236 g/mol. The van der Waals surface area contributed by atoms with Gasteiger partial charge in [-0.3, -0.25) is 4.90 Å². The number of hydrogen-bond acceptors (Lipinski definition) is 6. The Bertz CT molecular complexity index is 394. The molecule has 0 amide bonds. The van der Waals surface area contributed by atoms with Crippen LogP contribution in [0.4, 0.5) is 5.82 Å². The van der Waals surface area contributed by atoms with E-state index >= 15 is 0 Å². The Hall–Kier alpha value is -1.24. The standard InChI is InChI=1S/C11H20N6/c1-16-3-4-17(2)9(7-16)11-14-6-8(5-12)10(13)15-11/h6,9H,3-5,7,12H2,1-2H3,(H2,13,14,15). The maximum atomic E-state index is 5.86. The van der Waals surface area contributed by atoms with E-state index in [1.165, 1.54) is 0 Å². The lowest BCUT2D eigenvalue weighted by Crippen LogP contribution is -2.45. The molecule has 0 saturated carbocycles. The van der Waals surface area contributed by atoms with Crippen molar-refractivity contribution in [1.82, 2.24) is 19.8 Å². The van der Waals surface area contributed by atoms with E-state index in [1.54, 1.807) is 6.20 Å². The summed E-state index contributed by atoms with van der Waals surface area (Å²) in [7, 11) is 4.20. The predicted octanol–water partition coefficient (Wildman–Crippen LogP) is -0.564. The van der Waals surface area contributed by atoms with Gasteiger partial charge < -0.3 is 16.4 Å². The lowest BCUT2D eigenvalue weighted by atomic mass is 10.1. The molecule has 2 heterocycles. The van der Waals surface area contributed by atoms with E-state index in [-0.39, 0.29) is 6.04 Å². The van der Waals surface area contributed by atoms with Crippen molar-refractivity contribution in [2.75, 3.05) is 39.5 Å². The summed E-state index contributed by atoms with van der Waals surface area (Å²) < 4.78 is 0. The van der Waals surface area contributed by atoms with Gasteiger partial charge in [-0.1, -0.05) is 0 Å². The molecule has 17 heavy (non-hydrogen) atoms. The van der Waals surface area contributed by atoms with Crippen LogP contribution in [0.2, 0.25) is 0 Å². The molecule has 2 rings (SSSR count). The smallest absolute Gasteiger partial charge is 0.149 e. The molecular weight excluding hydrogens is 216 g/mol. The minimum absolute atomic E-state index is 0.211. The highest BCUT2D eigenvalue weighted by molar-refractivity contribution is 5.37. The number of piperazine rings is 1. The van der Waals surface area contributed by atoms with Crippen LogP contribution in [0.25, 0.3) is 0 Å². The van der Waals surface area contributed by atoms with Gasteiger partial charge in [-0.05, 0) is 14.1 Å². The van der Waals surface area contributed by atoms with Gasteiger partial charge in [-0.2, -0.15) is 0 Å². The van der Waals surface area contributed by atoms with Crippen LogP contribution in [-0.4, -0.2) is 53.5 Å². The molecule has 6 nitrogen and oxygen atoms in total. The molecule has 4 N–H and O–H groups in total. The van der Waals surface area contributed by atoms with Crippen molar-refractivity contribution in [2.24, 2.45) is 5.73 Å². The Morgan fingerprint density at radius 2 is 2.18 bits per heavy atom. The van der Waals surface area contributed by atoms with E-state index in [9.17, 15) is 0 Å². The fourth-order valence-corrected chi connectivity index (χ4v) is 2.04. The summed E-state index contributed by atoms with van der Waals surface area (Å²) >= 11 is 0. The minimum atomic E-state index is 0.211. The number of nitrogen functional groups attached to an aromatic ring is 1. The van der Waals surface area contributed by atoms with Gasteiger partial charge in [0.05, 0.1) is 6.04 Å². The molecule has 0 aromatic carbocycles. The molecule has 1 unspecified atom stereocenters. The largest absolute Gasteiger partial charge is 0.383 e. The summed E-state index contributed by atoms with van der Waals surface area (Å²) in [4.78, 5) is 13.3. The first-order valence-corrected chi connectivity index (χ1v) is 5.82. The van der Waals surface area contributed by atoms with Crippen LogP contribution in [0.15, 0.2) is 6.20 Å². The average molecular weight is 236 g/mol. The molecule has 0 radical (unpaired) electrons. The third-order valence-electron chi connectivity index (χ3n) is 3.29. The van der Waals surface area contributed by atoms with Crippen LogP contribution in [-0.2, 0) is 6.54 Å². The summed E-state index contributed by atoms with van der Waals surface area (Å²) in [6, 6.07) is 0.211. The van der Waals surface area contributed by atoms with Crippen molar-refractivity contribution in [2.45, 2.75) is 12.6 Å². The molecule has 1 aromatic rings. The van der Waals surface area contributed by atoms with E-state index < -0.39 is 0 Å². The van der Waals surface area contributed by atoms with Crippen LogP contribution < -0.4 is 11.5 Å². The fourth-order valence-electron chi connectivity index (χ4n) is 2.04. The van der Waals surface area contributed by atoms with Gasteiger partial charge in [0, 0.05) is 37.9 Å². The number of aromatic nitrogens is 2. The highest BCUT2D eigenvalue weighted by Crippen LogP contribution is 2.21. The van der Waals surface area contributed by atoms with Crippen LogP contribution in [0.1, 0.15) is 17.4 Å². The molecule has 94 valence electrons. The van der Waals surface area contributed by atoms with Crippen LogP contribution in [0.5, 0.6) is 0 Å². The summed E-state index contributed by atoms with van der Waals surface area (Å²) in [5.41, 5.74) is 12.2. The van der Waals surface area contributed by atoms with E-state index in [4.69, 9.17) is 11.5 Å². The lowest BCUT2D eigenvalue weighted by molar-refractivity contribution is 0.109. The average Bonchev–Trinajstić information content (AvgIpc) is 2.32. The maximum Gasteiger partial charge on any atom is 0.149 e. The Kier molecular flexibility index (Phi) is 3.56. The number of hydrogen-bond donors (Lipinski definition) is 2. The van der Waals surface area contributed by atoms with Crippen molar-refractivity contribution in [3.05, 3.63) is 17.6 Å². The molecule has 1 aliphatic rings. The number of nitrogens with zero attached hydrogens (tertiary/aromatic N) is 4. The van der Waals surface area contributed by atoms with Gasteiger partial charge in [0.15, 0.2) is 0 Å². The van der Waals surface area contributed by atoms with Crippen molar-refractivity contribution in [3.8, 4) is 0 Å². The van der Waals surface area contributed by atoms with Crippen LogP contribution in [0.3, 0.4) is 0 Å². The second-order valence-electron chi connectivity index (χ2n) is 4.60. The van der Waals surface area contributed by atoms with Gasteiger partial charge >= 0.3 is 0 Å². The lowest BCUT2D eigenvalue weighted by Gasteiger charge is -2.36. The summed E-state index contributed by atoms with van der Waals surface area (Å²) in [5.74, 6) is 1.29. The molecule has 0 aliphatic carbocycles. The number of likely N-dealkylation sites (N-methyl/N-ethyl adjacent to an activating group) is 2. The van der Waals surface area contributed by atoms with Gasteiger partial charge in [-0.25, -0.2) is 9.97 Å². The highest BCUT2D eigenvalue weighted by atomic mass is 15.3. The highest BCUT2D eigenvalue weighted by Gasteiger charge is 2.26. The SMILES string of the molecule is CN1CCN(C)C(c2ncc(CN)c(N)n2)C1. The number of rotatable bonds is 2. The van der Waals surface area contributed by atoms with Crippen molar-refractivity contribution >= 4 is 5.82 Å². The molecule has 1 atom stereocenters. The second kappa shape index (κ2) is 4.95. The molecular formula is C11H20N6. The quantitative estimate of drug-likeness (QED) is 0.716. The van der Waals surface area contributed by atoms with E-state index in [0.29, 0.717) is 12.4 Å². The molecule has 1 aromatic heterocycles. The summed E-state index contributed by atoms with van der Waals surface area (Å²) in [5, 5.41) is 0. The van der Waals surface area contributed by atoms with E-state index in [2.05, 4.69) is 33.9 Å². The maximum absolute atomic E-state index is 5.86. The van der Waals surface area contributed by atoms with Gasteiger partial charge in [0.25, 0.3) is 0 Å². The number of nitrogens with two attached hydrogens (primary N) is 2.